The Morgan fingerprint density at radius 1 is 1.69 bits per heavy atom. The molecule has 0 fully saturated rings. The molecule has 1 heterocycles. The summed E-state index contributed by atoms with van der Waals surface area (Å²) >= 11 is 1.20. The Balaban J connectivity index is 2.35. The van der Waals surface area contributed by atoms with E-state index in [4.69, 9.17) is 16.9 Å². The molecule has 0 unspecified atom stereocenters. The molecular weight excluding hydrogens is 190 g/mol. The molecule has 0 radical (unpaired) electrons. The van der Waals surface area contributed by atoms with E-state index in [0.717, 1.165) is 5.56 Å². The van der Waals surface area contributed by atoms with Crippen LogP contribution in [0.5, 0.6) is 0 Å². The van der Waals surface area contributed by atoms with E-state index in [0.29, 0.717) is 5.75 Å². The predicted octanol–water partition coefficient (Wildman–Crippen LogP) is 0.116. The maximum absolute atomic E-state index is 7.29. The third-order valence-corrected chi connectivity index (χ3v) is 1.93. The molecule has 5 N–H and O–H groups in total. The molecular formula is C6H9N5OS. The summed E-state index contributed by atoms with van der Waals surface area (Å²) in [7, 11) is 0. The lowest BCUT2D eigenvalue weighted by atomic mass is 10.4. The minimum Gasteiger partial charge on any atom is -0.370 e. The van der Waals surface area contributed by atoms with Gasteiger partial charge in [0.25, 0.3) is 0 Å². The fourth-order valence-corrected chi connectivity index (χ4v) is 1.22. The second kappa shape index (κ2) is 4.51. The van der Waals surface area contributed by atoms with Crippen LogP contribution >= 0.6 is 11.8 Å². The Morgan fingerprint density at radius 3 is 3.00 bits per heavy atom. The van der Waals surface area contributed by atoms with Crippen molar-refractivity contribution in [2.45, 2.75) is 5.75 Å². The molecule has 1 rings (SSSR count). The summed E-state index contributed by atoms with van der Waals surface area (Å²) in [6, 6.07) is 0. The highest BCUT2D eigenvalue weighted by Crippen LogP contribution is 2.12. The van der Waals surface area contributed by atoms with Crippen LogP contribution in [0.25, 0.3) is 0 Å². The molecule has 0 amide bonds. The van der Waals surface area contributed by atoms with Gasteiger partial charge in [-0.25, -0.2) is 0 Å². The standard InChI is InChI=1S/C6H9N5OS/c7-5(8)11-6(9)13-3-4-1-10-12-2-4/h1-2H,3H2,(H5,7,8,9,11). The first-order valence-electron chi connectivity index (χ1n) is 3.37. The average Bonchev–Trinajstić information content (AvgIpc) is 2.51. The second-order valence-corrected chi connectivity index (χ2v) is 3.13. The van der Waals surface area contributed by atoms with E-state index in [2.05, 4.69) is 14.7 Å². The number of nitrogens with zero attached hydrogens (tertiary/aromatic N) is 2. The number of guanidine groups is 1. The summed E-state index contributed by atoms with van der Waals surface area (Å²) in [6.45, 7) is 0. The van der Waals surface area contributed by atoms with Crippen molar-refractivity contribution in [3.8, 4) is 0 Å². The van der Waals surface area contributed by atoms with Crippen molar-refractivity contribution in [2.75, 3.05) is 0 Å². The van der Waals surface area contributed by atoms with Crippen LogP contribution in [0.15, 0.2) is 22.0 Å². The molecule has 6 nitrogen and oxygen atoms in total. The molecule has 0 atom stereocenters. The van der Waals surface area contributed by atoms with Gasteiger partial charge in [0.05, 0.1) is 6.20 Å². The number of nitrogens with two attached hydrogens (primary N) is 2. The van der Waals surface area contributed by atoms with Gasteiger partial charge in [-0.3, -0.25) is 5.41 Å². The number of hydrogen-bond acceptors (Lipinski definition) is 4. The number of thioether (sulfide) groups is 1. The Morgan fingerprint density at radius 2 is 2.46 bits per heavy atom. The SMILES string of the molecule is N=C(N=C(N)N)SCc1cnoc1. The van der Waals surface area contributed by atoms with E-state index in [1.165, 1.54) is 18.0 Å². The molecule has 1 aromatic rings. The molecule has 0 aromatic carbocycles. The Labute approximate surface area is 78.9 Å². The number of amidine groups is 1. The molecule has 0 spiro atoms. The van der Waals surface area contributed by atoms with Gasteiger partial charge < -0.3 is 16.0 Å². The van der Waals surface area contributed by atoms with Crippen LogP contribution < -0.4 is 11.5 Å². The van der Waals surface area contributed by atoms with Crippen molar-refractivity contribution < 1.29 is 4.52 Å². The molecule has 0 saturated carbocycles. The van der Waals surface area contributed by atoms with Crippen LogP contribution in [0.2, 0.25) is 0 Å². The van der Waals surface area contributed by atoms with E-state index in [1.54, 1.807) is 6.20 Å². The second-order valence-electron chi connectivity index (χ2n) is 2.16. The van der Waals surface area contributed by atoms with Crippen molar-refractivity contribution in [1.82, 2.24) is 5.16 Å². The lowest BCUT2D eigenvalue weighted by molar-refractivity contribution is 0.419. The van der Waals surface area contributed by atoms with Gasteiger partial charge in [-0.15, -0.1) is 0 Å². The number of hydrogen-bond donors (Lipinski definition) is 3. The molecule has 0 aliphatic carbocycles. The van der Waals surface area contributed by atoms with Gasteiger partial charge in [-0.2, -0.15) is 4.99 Å². The van der Waals surface area contributed by atoms with Crippen LogP contribution in [0.1, 0.15) is 5.56 Å². The van der Waals surface area contributed by atoms with Crippen molar-refractivity contribution in [1.29, 1.82) is 5.41 Å². The first kappa shape index (κ1) is 9.59. The van der Waals surface area contributed by atoms with Crippen LogP contribution in [-0.2, 0) is 5.75 Å². The summed E-state index contributed by atoms with van der Waals surface area (Å²) in [4.78, 5) is 3.54. The molecule has 13 heavy (non-hydrogen) atoms. The zero-order valence-electron chi connectivity index (χ0n) is 6.73. The number of aliphatic imine (C=N–C) groups is 1. The lowest BCUT2D eigenvalue weighted by Crippen LogP contribution is -2.23. The molecule has 0 saturated heterocycles. The summed E-state index contributed by atoms with van der Waals surface area (Å²) in [5.74, 6) is 0.460. The summed E-state index contributed by atoms with van der Waals surface area (Å²) in [5.41, 5.74) is 11.1. The van der Waals surface area contributed by atoms with Crippen LogP contribution in [0.4, 0.5) is 0 Å². The van der Waals surface area contributed by atoms with Gasteiger partial charge in [0, 0.05) is 11.3 Å². The van der Waals surface area contributed by atoms with Crippen molar-refractivity contribution >= 4 is 22.9 Å². The van der Waals surface area contributed by atoms with Gasteiger partial charge in [-0.1, -0.05) is 16.9 Å². The van der Waals surface area contributed by atoms with Crippen LogP contribution in [-0.4, -0.2) is 16.3 Å². The number of rotatable bonds is 2. The predicted molar refractivity (Wildman–Crippen MR) is 51.3 cm³/mol. The number of nitrogens with one attached hydrogen (secondary N) is 1. The monoisotopic (exact) mass is 199 g/mol. The van der Waals surface area contributed by atoms with Crippen molar-refractivity contribution in [3.63, 3.8) is 0 Å². The molecule has 0 bridgehead atoms. The molecule has 0 aliphatic rings. The van der Waals surface area contributed by atoms with E-state index < -0.39 is 0 Å². The maximum Gasteiger partial charge on any atom is 0.193 e. The highest BCUT2D eigenvalue weighted by molar-refractivity contribution is 8.13. The third-order valence-electron chi connectivity index (χ3n) is 1.09. The number of aromatic nitrogens is 1. The Kier molecular flexibility index (Phi) is 3.32. The zero-order valence-corrected chi connectivity index (χ0v) is 7.54. The fourth-order valence-electron chi connectivity index (χ4n) is 0.599. The first-order valence-corrected chi connectivity index (χ1v) is 4.36. The zero-order chi connectivity index (χ0) is 9.68. The fraction of sp³-hybridized carbons (Fsp3) is 0.167. The summed E-state index contributed by atoms with van der Waals surface area (Å²) in [6.07, 6.45) is 3.09. The first-order chi connectivity index (χ1) is 6.18. The van der Waals surface area contributed by atoms with E-state index >= 15 is 0 Å². The molecule has 0 aliphatic heterocycles. The summed E-state index contributed by atoms with van der Waals surface area (Å²) in [5, 5.41) is 10.9. The molecule has 7 heteroatoms. The van der Waals surface area contributed by atoms with Gasteiger partial charge in [0.1, 0.15) is 6.26 Å². The normalized spacial score (nSPS) is 9.54. The lowest BCUT2D eigenvalue weighted by Gasteiger charge is -1.95. The minimum atomic E-state index is -0.109. The average molecular weight is 199 g/mol. The third kappa shape index (κ3) is 3.61. The smallest absolute Gasteiger partial charge is 0.193 e. The van der Waals surface area contributed by atoms with E-state index in [-0.39, 0.29) is 11.1 Å². The van der Waals surface area contributed by atoms with Gasteiger partial charge in [-0.05, 0) is 0 Å². The Hall–Kier alpha value is -1.50. The van der Waals surface area contributed by atoms with Gasteiger partial charge in [0.15, 0.2) is 11.1 Å². The van der Waals surface area contributed by atoms with Gasteiger partial charge in [0.2, 0.25) is 0 Å². The minimum absolute atomic E-state index is 0.0706. The molecule has 1 aromatic heterocycles. The van der Waals surface area contributed by atoms with Crippen molar-refractivity contribution in [2.24, 2.45) is 16.5 Å². The molecule has 70 valence electrons. The Bertz CT molecular complexity index is 303. The van der Waals surface area contributed by atoms with Crippen LogP contribution in [0.3, 0.4) is 0 Å². The van der Waals surface area contributed by atoms with E-state index in [1.807, 2.05) is 0 Å². The topological polar surface area (TPSA) is 114 Å². The quantitative estimate of drug-likeness (QED) is 0.462. The largest absolute Gasteiger partial charge is 0.370 e. The summed E-state index contributed by atoms with van der Waals surface area (Å²) < 4.78 is 4.61. The maximum atomic E-state index is 7.29. The van der Waals surface area contributed by atoms with E-state index in [9.17, 15) is 0 Å². The van der Waals surface area contributed by atoms with Gasteiger partial charge >= 0.3 is 0 Å². The van der Waals surface area contributed by atoms with Crippen LogP contribution in [0, 0.1) is 5.41 Å². The van der Waals surface area contributed by atoms with Crippen molar-refractivity contribution in [3.05, 3.63) is 18.0 Å². The highest BCUT2D eigenvalue weighted by Gasteiger charge is 1.99. The highest BCUT2D eigenvalue weighted by atomic mass is 32.2.